The first-order chi connectivity index (χ1) is 16.7. The van der Waals surface area contributed by atoms with Gasteiger partial charge < -0.3 is 15.5 Å². The minimum atomic E-state index is -0.675. The summed E-state index contributed by atoms with van der Waals surface area (Å²) in [4.78, 5) is 12.2. The number of aliphatic hydroxyl groups excluding tert-OH is 2. The average Bonchev–Trinajstić information content (AvgIpc) is 2.84. The molecule has 0 aliphatic rings. The molecule has 0 spiro atoms. The predicted octanol–water partition coefficient (Wildman–Crippen LogP) is 7.78. The van der Waals surface area contributed by atoms with E-state index in [9.17, 15) is 15.0 Å². The van der Waals surface area contributed by atoms with Crippen molar-refractivity contribution in [1.29, 1.82) is 0 Å². The second kappa shape index (κ2) is 26.5. The third-order valence-electron chi connectivity index (χ3n) is 6.48. The standard InChI is InChI=1S/C30H57NO3/c1-3-5-7-9-11-13-14-15-16-18-20-22-24-26-30(34)31-28(27-32)29(33)25-23-21-19-17-12-10-8-6-4-2/h15-16,20,22,28-29,32-33H,3-14,17-19,21,23-27H2,1-2H3,(H,31,34)/b16-15-,22-20-. The molecule has 4 nitrogen and oxygen atoms in total. The molecule has 1 amide bonds. The minimum Gasteiger partial charge on any atom is -0.394 e. The first kappa shape index (κ1) is 32.9. The number of carbonyl (C=O) groups excluding carboxylic acids is 1. The van der Waals surface area contributed by atoms with Crippen LogP contribution in [0.4, 0.5) is 0 Å². The molecule has 0 saturated carbocycles. The lowest BCUT2D eigenvalue weighted by Gasteiger charge is -2.22. The summed E-state index contributed by atoms with van der Waals surface area (Å²) < 4.78 is 0. The summed E-state index contributed by atoms with van der Waals surface area (Å²) in [6.45, 7) is 4.27. The highest BCUT2D eigenvalue weighted by Gasteiger charge is 2.19. The molecule has 0 fully saturated rings. The van der Waals surface area contributed by atoms with Gasteiger partial charge in [0.15, 0.2) is 0 Å². The van der Waals surface area contributed by atoms with E-state index in [4.69, 9.17) is 0 Å². The maximum atomic E-state index is 12.2. The van der Waals surface area contributed by atoms with E-state index < -0.39 is 12.1 Å². The second-order valence-electron chi connectivity index (χ2n) is 9.81. The van der Waals surface area contributed by atoms with Crippen LogP contribution < -0.4 is 5.32 Å². The van der Waals surface area contributed by atoms with Gasteiger partial charge in [-0.2, -0.15) is 0 Å². The van der Waals surface area contributed by atoms with E-state index in [0.717, 1.165) is 25.7 Å². The molecule has 2 atom stereocenters. The molecular formula is C30H57NO3. The molecule has 0 saturated heterocycles. The molecule has 0 bridgehead atoms. The maximum Gasteiger partial charge on any atom is 0.220 e. The van der Waals surface area contributed by atoms with Crippen molar-refractivity contribution >= 4 is 5.91 Å². The average molecular weight is 480 g/mol. The van der Waals surface area contributed by atoms with Gasteiger partial charge in [-0.25, -0.2) is 0 Å². The molecule has 3 N–H and O–H groups in total. The Bertz CT molecular complexity index is 489. The molecule has 0 aliphatic carbocycles. The monoisotopic (exact) mass is 479 g/mol. The number of nitrogens with one attached hydrogen (secondary N) is 1. The van der Waals surface area contributed by atoms with E-state index in [-0.39, 0.29) is 12.5 Å². The summed E-state index contributed by atoms with van der Waals surface area (Å²) >= 11 is 0. The molecule has 4 heteroatoms. The van der Waals surface area contributed by atoms with Crippen LogP contribution in [0.2, 0.25) is 0 Å². The van der Waals surface area contributed by atoms with E-state index in [0.29, 0.717) is 19.3 Å². The van der Waals surface area contributed by atoms with Gasteiger partial charge in [0.1, 0.15) is 0 Å². The van der Waals surface area contributed by atoms with Gasteiger partial charge in [0.25, 0.3) is 0 Å². The molecule has 0 rings (SSSR count). The highest BCUT2D eigenvalue weighted by molar-refractivity contribution is 5.76. The van der Waals surface area contributed by atoms with Crippen molar-refractivity contribution in [2.75, 3.05) is 6.61 Å². The Labute approximate surface area is 211 Å². The highest BCUT2D eigenvalue weighted by atomic mass is 16.3. The fourth-order valence-electron chi connectivity index (χ4n) is 4.17. The summed E-state index contributed by atoms with van der Waals surface area (Å²) in [5.41, 5.74) is 0. The number of unbranched alkanes of at least 4 members (excludes halogenated alkanes) is 14. The zero-order valence-electron chi connectivity index (χ0n) is 22.6. The number of allylic oxidation sites excluding steroid dienone is 4. The summed E-state index contributed by atoms with van der Waals surface area (Å²) in [5.74, 6) is -0.103. The van der Waals surface area contributed by atoms with Crippen LogP contribution in [0, 0.1) is 0 Å². The predicted molar refractivity (Wildman–Crippen MR) is 147 cm³/mol. The van der Waals surface area contributed by atoms with Gasteiger partial charge in [-0.3, -0.25) is 4.79 Å². The quantitative estimate of drug-likeness (QED) is 0.0924. The molecule has 34 heavy (non-hydrogen) atoms. The largest absolute Gasteiger partial charge is 0.394 e. The fourth-order valence-corrected chi connectivity index (χ4v) is 4.17. The molecule has 0 aromatic carbocycles. The van der Waals surface area contributed by atoms with E-state index in [2.05, 4.69) is 37.4 Å². The Morgan fingerprint density at radius 2 is 1.21 bits per heavy atom. The molecule has 0 aromatic heterocycles. The zero-order valence-corrected chi connectivity index (χ0v) is 22.6. The summed E-state index contributed by atoms with van der Waals surface area (Å²) in [6, 6.07) is -0.560. The number of amides is 1. The molecule has 0 aliphatic heterocycles. The SMILES string of the molecule is CCCCCCCC/C=C\C/C=C\CCC(=O)NC(CO)C(O)CCCCCCCCCCC. The number of rotatable bonds is 25. The second-order valence-corrected chi connectivity index (χ2v) is 9.81. The van der Waals surface area contributed by atoms with Gasteiger partial charge in [0, 0.05) is 6.42 Å². The first-order valence-electron chi connectivity index (χ1n) is 14.5. The van der Waals surface area contributed by atoms with Crippen molar-refractivity contribution in [1.82, 2.24) is 5.32 Å². The molecule has 0 heterocycles. The van der Waals surface area contributed by atoms with Crippen molar-refractivity contribution in [3.05, 3.63) is 24.3 Å². The van der Waals surface area contributed by atoms with Gasteiger partial charge in [-0.15, -0.1) is 0 Å². The third-order valence-corrected chi connectivity index (χ3v) is 6.48. The van der Waals surface area contributed by atoms with Crippen molar-refractivity contribution < 1.29 is 15.0 Å². The Hall–Kier alpha value is -1.13. The van der Waals surface area contributed by atoms with Crippen molar-refractivity contribution in [2.45, 2.75) is 154 Å². The van der Waals surface area contributed by atoms with Crippen LogP contribution in [0.3, 0.4) is 0 Å². The Balaban J connectivity index is 3.74. The lowest BCUT2D eigenvalue weighted by molar-refractivity contribution is -0.123. The van der Waals surface area contributed by atoms with E-state index in [1.165, 1.54) is 83.5 Å². The van der Waals surface area contributed by atoms with Crippen LogP contribution in [0.15, 0.2) is 24.3 Å². The van der Waals surface area contributed by atoms with E-state index in [1.807, 2.05) is 6.08 Å². The zero-order chi connectivity index (χ0) is 25.1. The normalized spacial score (nSPS) is 13.6. The van der Waals surface area contributed by atoms with Crippen LogP contribution in [-0.2, 0) is 4.79 Å². The van der Waals surface area contributed by atoms with Crippen molar-refractivity contribution in [3.8, 4) is 0 Å². The van der Waals surface area contributed by atoms with Crippen LogP contribution in [0.5, 0.6) is 0 Å². The molecule has 2 unspecified atom stereocenters. The number of hydrogen-bond acceptors (Lipinski definition) is 3. The van der Waals surface area contributed by atoms with E-state index in [1.54, 1.807) is 0 Å². The fraction of sp³-hybridized carbons (Fsp3) is 0.833. The van der Waals surface area contributed by atoms with Crippen LogP contribution >= 0.6 is 0 Å². The molecule has 200 valence electrons. The van der Waals surface area contributed by atoms with Gasteiger partial charge >= 0.3 is 0 Å². The lowest BCUT2D eigenvalue weighted by Crippen LogP contribution is -2.45. The lowest BCUT2D eigenvalue weighted by atomic mass is 10.0. The van der Waals surface area contributed by atoms with Crippen molar-refractivity contribution in [3.63, 3.8) is 0 Å². The Kier molecular flexibility index (Phi) is 25.6. The third kappa shape index (κ3) is 22.7. The Morgan fingerprint density at radius 3 is 1.76 bits per heavy atom. The van der Waals surface area contributed by atoms with E-state index >= 15 is 0 Å². The number of aliphatic hydroxyl groups is 2. The van der Waals surface area contributed by atoms with Crippen LogP contribution in [0.1, 0.15) is 142 Å². The van der Waals surface area contributed by atoms with Gasteiger partial charge in [0.05, 0.1) is 18.8 Å². The smallest absolute Gasteiger partial charge is 0.220 e. The number of carbonyl (C=O) groups is 1. The summed E-state index contributed by atoms with van der Waals surface area (Å²) in [7, 11) is 0. The topological polar surface area (TPSA) is 69.6 Å². The summed E-state index contributed by atoms with van der Waals surface area (Å²) in [6.07, 6.45) is 30.8. The number of hydrogen-bond donors (Lipinski definition) is 3. The minimum absolute atomic E-state index is 0.103. The Morgan fingerprint density at radius 1 is 0.706 bits per heavy atom. The molecule has 0 radical (unpaired) electrons. The van der Waals surface area contributed by atoms with Gasteiger partial charge in [-0.05, 0) is 32.1 Å². The van der Waals surface area contributed by atoms with Gasteiger partial charge in [0.2, 0.25) is 5.91 Å². The molecular weight excluding hydrogens is 422 g/mol. The van der Waals surface area contributed by atoms with Crippen LogP contribution in [-0.4, -0.2) is 34.9 Å². The molecule has 0 aromatic rings. The van der Waals surface area contributed by atoms with Crippen LogP contribution in [0.25, 0.3) is 0 Å². The first-order valence-corrected chi connectivity index (χ1v) is 14.5. The highest BCUT2D eigenvalue weighted by Crippen LogP contribution is 2.13. The van der Waals surface area contributed by atoms with Gasteiger partial charge in [-0.1, -0.05) is 128 Å². The maximum absolute atomic E-state index is 12.2. The van der Waals surface area contributed by atoms with Crippen molar-refractivity contribution in [2.24, 2.45) is 0 Å². The summed E-state index contributed by atoms with van der Waals surface area (Å²) in [5, 5.41) is 22.7.